The molecule has 2 rings (SSSR count). The highest BCUT2D eigenvalue weighted by Gasteiger charge is 2.34. The zero-order chi connectivity index (χ0) is 13.1. The fraction of sp³-hybridized carbons (Fsp3) is 0.786. The maximum absolute atomic E-state index is 11.4. The maximum atomic E-state index is 11.4. The van der Waals surface area contributed by atoms with Crippen molar-refractivity contribution in [1.29, 1.82) is 0 Å². The molecule has 1 N–H and O–H groups in total. The Hall–Kier alpha value is -0.870. The molecule has 0 aliphatic carbocycles. The van der Waals surface area contributed by atoms with E-state index >= 15 is 0 Å². The number of nitrogens with zero attached hydrogens (tertiary/aromatic N) is 2. The van der Waals surface area contributed by atoms with Crippen LogP contribution in [0, 0.1) is 5.92 Å². The molecule has 2 atom stereocenters. The predicted octanol–water partition coefficient (Wildman–Crippen LogP) is 0.703. The summed E-state index contributed by atoms with van der Waals surface area (Å²) in [4.78, 5) is 16.3. The van der Waals surface area contributed by atoms with Gasteiger partial charge in [0.25, 0.3) is 0 Å². The van der Waals surface area contributed by atoms with Crippen LogP contribution in [0.3, 0.4) is 0 Å². The van der Waals surface area contributed by atoms with E-state index in [9.17, 15) is 4.79 Å². The van der Waals surface area contributed by atoms with Crippen LogP contribution >= 0.6 is 0 Å². The first-order chi connectivity index (χ1) is 8.60. The number of carbonyl (C=O) groups is 1. The molecule has 1 amide bonds. The number of likely N-dealkylation sites (tertiary alicyclic amines) is 2. The van der Waals surface area contributed by atoms with Crippen molar-refractivity contribution in [3.05, 3.63) is 12.7 Å². The number of piperidine rings is 1. The van der Waals surface area contributed by atoms with Crippen LogP contribution in [0.15, 0.2) is 12.7 Å². The number of amides is 1. The van der Waals surface area contributed by atoms with Crippen molar-refractivity contribution in [2.24, 2.45) is 5.92 Å². The molecule has 2 heterocycles. The molecule has 0 radical (unpaired) electrons. The van der Waals surface area contributed by atoms with Crippen molar-refractivity contribution >= 4 is 5.91 Å². The van der Waals surface area contributed by atoms with Gasteiger partial charge in [-0.25, -0.2) is 0 Å². The lowest BCUT2D eigenvalue weighted by Gasteiger charge is -2.35. The molecule has 0 spiro atoms. The van der Waals surface area contributed by atoms with Gasteiger partial charge in [0, 0.05) is 25.2 Å². The predicted molar refractivity (Wildman–Crippen MR) is 73.4 cm³/mol. The highest BCUT2D eigenvalue weighted by atomic mass is 16.1. The zero-order valence-corrected chi connectivity index (χ0v) is 11.6. The summed E-state index contributed by atoms with van der Waals surface area (Å²) in [7, 11) is 2.19. The average Bonchev–Trinajstić information content (AvgIpc) is 2.71. The number of hydrogen-bond donors (Lipinski definition) is 1. The van der Waals surface area contributed by atoms with Crippen LogP contribution in [-0.4, -0.2) is 61.0 Å². The third-order valence-electron chi connectivity index (χ3n) is 4.36. The van der Waals surface area contributed by atoms with E-state index in [0.29, 0.717) is 12.0 Å². The van der Waals surface area contributed by atoms with Crippen LogP contribution in [0.1, 0.15) is 19.8 Å². The van der Waals surface area contributed by atoms with Gasteiger partial charge in [0.05, 0.1) is 0 Å². The normalized spacial score (nSPS) is 31.4. The van der Waals surface area contributed by atoms with E-state index < -0.39 is 0 Å². The number of rotatable bonds is 3. The third-order valence-corrected chi connectivity index (χ3v) is 4.36. The molecular formula is C14H25N3O. The highest BCUT2D eigenvalue weighted by molar-refractivity contribution is 5.87. The van der Waals surface area contributed by atoms with Crippen molar-refractivity contribution in [2.75, 3.05) is 33.2 Å². The minimum absolute atomic E-state index is 0.0444. The van der Waals surface area contributed by atoms with Crippen molar-refractivity contribution in [1.82, 2.24) is 15.1 Å². The Labute approximate surface area is 110 Å². The minimum Gasteiger partial charge on any atom is -0.348 e. The minimum atomic E-state index is -0.0444. The quantitative estimate of drug-likeness (QED) is 0.750. The van der Waals surface area contributed by atoms with Gasteiger partial charge in [0.1, 0.15) is 0 Å². The van der Waals surface area contributed by atoms with Crippen molar-refractivity contribution in [3.63, 3.8) is 0 Å². The second kappa shape index (κ2) is 5.85. The lowest BCUT2D eigenvalue weighted by Crippen LogP contribution is -2.44. The van der Waals surface area contributed by atoms with Gasteiger partial charge in [-0.05, 0) is 45.0 Å². The summed E-state index contributed by atoms with van der Waals surface area (Å²) in [6.45, 7) is 10.2. The monoisotopic (exact) mass is 251 g/mol. The Kier molecular flexibility index (Phi) is 4.40. The first kappa shape index (κ1) is 13.6. The Balaban J connectivity index is 1.86. The van der Waals surface area contributed by atoms with Crippen LogP contribution in [0.2, 0.25) is 0 Å². The van der Waals surface area contributed by atoms with Crippen LogP contribution in [0.25, 0.3) is 0 Å². The third kappa shape index (κ3) is 3.12. The average molecular weight is 251 g/mol. The molecule has 0 aromatic carbocycles. The van der Waals surface area contributed by atoms with Crippen molar-refractivity contribution in [2.45, 2.75) is 31.8 Å². The van der Waals surface area contributed by atoms with E-state index in [4.69, 9.17) is 0 Å². The zero-order valence-electron chi connectivity index (χ0n) is 11.6. The summed E-state index contributed by atoms with van der Waals surface area (Å²) >= 11 is 0. The number of carbonyl (C=O) groups excluding carboxylic acids is 1. The fourth-order valence-electron chi connectivity index (χ4n) is 3.09. The highest BCUT2D eigenvalue weighted by Crippen LogP contribution is 2.24. The van der Waals surface area contributed by atoms with Gasteiger partial charge in [-0.3, -0.25) is 9.69 Å². The molecule has 4 heteroatoms. The molecule has 0 saturated carbocycles. The van der Waals surface area contributed by atoms with E-state index in [1.807, 2.05) is 0 Å². The van der Waals surface area contributed by atoms with Crippen LogP contribution in [0.4, 0.5) is 0 Å². The summed E-state index contributed by atoms with van der Waals surface area (Å²) in [6, 6.07) is 0.990. The lowest BCUT2D eigenvalue weighted by atomic mass is 10.0. The van der Waals surface area contributed by atoms with E-state index in [0.717, 1.165) is 13.1 Å². The smallest absolute Gasteiger partial charge is 0.243 e. The molecule has 2 saturated heterocycles. The van der Waals surface area contributed by atoms with Gasteiger partial charge < -0.3 is 10.2 Å². The molecule has 2 aliphatic heterocycles. The maximum Gasteiger partial charge on any atom is 0.243 e. The van der Waals surface area contributed by atoms with Crippen molar-refractivity contribution < 1.29 is 4.79 Å². The molecule has 2 aliphatic rings. The van der Waals surface area contributed by atoms with E-state index in [1.54, 1.807) is 0 Å². The van der Waals surface area contributed by atoms with Gasteiger partial charge in [-0.2, -0.15) is 0 Å². The van der Waals surface area contributed by atoms with Gasteiger partial charge in [-0.1, -0.05) is 13.5 Å². The molecule has 102 valence electrons. The van der Waals surface area contributed by atoms with Gasteiger partial charge in [0.15, 0.2) is 0 Å². The SMILES string of the molecule is C=CC(=O)N[C@H]1CN(C2CCN(C)CC2)CC1C. The number of hydrogen-bond acceptors (Lipinski definition) is 3. The molecule has 18 heavy (non-hydrogen) atoms. The molecule has 0 bridgehead atoms. The molecule has 2 fully saturated rings. The number of nitrogens with one attached hydrogen (secondary N) is 1. The Morgan fingerprint density at radius 1 is 1.33 bits per heavy atom. The standard InChI is InChI=1S/C14H25N3O/c1-4-14(18)15-13-10-17(9-11(13)2)12-5-7-16(3)8-6-12/h4,11-13H,1,5-10H2,2-3H3,(H,15,18)/t11?,13-/m0/s1. The Bertz CT molecular complexity index is 310. The second-order valence-corrected chi connectivity index (χ2v) is 5.78. The fourth-order valence-corrected chi connectivity index (χ4v) is 3.09. The second-order valence-electron chi connectivity index (χ2n) is 5.78. The van der Waals surface area contributed by atoms with Gasteiger partial charge in [-0.15, -0.1) is 0 Å². The van der Waals surface area contributed by atoms with Crippen molar-refractivity contribution in [3.8, 4) is 0 Å². The van der Waals surface area contributed by atoms with E-state index in [2.05, 4.69) is 35.7 Å². The molecule has 0 aromatic rings. The first-order valence-electron chi connectivity index (χ1n) is 6.95. The summed E-state index contributed by atoms with van der Waals surface area (Å²) < 4.78 is 0. The van der Waals surface area contributed by atoms with Crippen LogP contribution < -0.4 is 5.32 Å². The van der Waals surface area contributed by atoms with Crippen LogP contribution in [-0.2, 0) is 4.79 Å². The van der Waals surface area contributed by atoms with Gasteiger partial charge in [0.2, 0.25) is 5.91 Å². The van der Waals surface area contributed by atoms with Crippen LogP contribution in [0.5, 0.6) is 0 Å². The largest absolute Gasteiger partial charge is 0.348 e. The summed E-state index contributed by atoms with van der Waals surface area (Å²) in [5.74, 6) is 0.491. The molecular weight excluding hydrogens is 226 g/mol. The summed E-state index contributed by atoms with van der Waals surface area (Å²) in [5.41, 5.74) is 0. The Morgan fingerprint density at radius 3 is 2.61 bits per heavy atom. The first-order valence-corrected chi connectivity index (χ1v) is 6.95. The molecule has 1 unspecified atom stereocenters. The topological polar surface area (TPSA) is 35.6 Å². The summed E-state index contributed by atoms with van der Waals surface area (Å²) in [5, 5.41) is 3.05. The van der Waals surface area contributed by atoms with E-state index in [1.165, 1.54) is 32.0 Å². The lowest BCUT2D eigenvalue weighted by molar-refractivity contribution is -0.117. The summed E-state index contributed by atoms with van der Waals surface area (Å²) in [6.07, 6.45) is 3.88. The van der Waals surface area contributed by atoms with Gasteiger partial charge >= 0.3 is 0 Å². The molecule has 0 aromatic heterocycles. The van der Waals surface area contributed by atoms with E-state index in [-0.39, 0.29) is 11.9 Å². The Morgan fingerprint density at radius 2 is 2.00 bits per heavy atom. The molecule has 4 nitrogen and oxygen atoms in total.